The van der Waals surface area contributed by atoms with Crippen molar-refractivity contribution in [2.75, 3.05) is 0 Å². The Bertz CT molecular complexity index is 104. The van der Waals surface area contributed by atoms with Gasteiger partial charge in [0.15, 0.2) is 0 Å². The van der Waals surface area contributed by atoms with Crippen molar-refractivity contribution < 1.29 is 64.3 Å². The third kappa shape index (κ3) is 5.69. The predicted molar refractivity (Wildman–Crippen MR) is 38.0 cm³/mol. The van der Waals surface area contributed by atoms with Gasteiger partial charge in [-0.2, -0.15) is 0 Å². The molecule has 11 heavy (non-hydrogen) atoms. The number of hydrogen-bond acceptors (Lipinski definition) is 0. The zero-order valence-corrected chi connectivity index (χ0v) is 10.7. The average Bonchev–Trinajstić information content (AvgIpc) is 1.83. The fraction of sp³-hybridized carbons (Fsp3) is 1.00. The van der Waals surface area contributed by atoms with Crippen LogP contribution in [0, 0.1) is 5.92 Å². The van der Waals surface area contributed by atoms with E-state index in [-0.39, 0.29) is 57.3 Å². The van der Waals surface area contributed by atoms with Crippen molar-refractivity contribution >= 4 is 6.98 Å². The Hall–Kier alpha value is 1.49. The maximum atomic E-state index is 11.9. The van der Waals surface area contributed by atoms with Crippen LogP contribution in [0.2, 0.25) is 5.82 Å². The van der Waals surface area contributed by atoms with E-state index in [4.69, 9.17) is 0 Å². The number of hydrogen-bond donors (Lipinski definition) is 0. The third-order valence-corrected chi connectivity index (χ3v) is 2.14. The molecule has 0 bridgehead atoms. The molecule has 0 spiro atoms. The standard InChI is InChI=1S/C6H13BF3.K/c1-4-5(2)6(3)7(8,9)10;/h5-6H,4H2,1-3H3;/q-1;+1. The largest absolute Gasteiger partial charge is 1.00 e. The number of halogens is 3. The Morgan fingerprint density at radius 2 is 1.55 bits per heavy atom. The SMILES string of the molecule is CCC(C)C(C)[B-](F)(F)F.[K+]. The summed E-state index contributed by atoms with van der Waals surface area (Å²) in [6.45, 7) is 0.0624. The van der Waals surface area contributed by atoms with Gasteiger partial charge in [0.1, 0.15) is 0 Å². The maximum absolute atomic E-state index is 11.9. The first-order valence-electron chi connectivity index (χ1n) is 3.59. The van der Waals surface area contributed by atoms with E-state index in [2.05, 4.69) is 0 Å². The van der Waals surface area contributed by atoms with Crippen molar-refractivity contribution in [3.05, 3.63) is 0 Å². The van der Waals surface area contributed by atoms with Gasteiger partial charge in [0.2, 0.25) is 0 Å². The minimum atomic E-state index is -4.62. The Morgan fingerprint density at radius 1 is 1.18 bits per heavy atom. The fourth-order valence-corrected chi connectivity index (χ4v) is 0.744. The summed E-state index contributed by atoms with van der Waals surface area (Å²) in [5.74, 6) is -1.34. The van der Waals surface area contributed by atoms with Gasteiger partial charge in [-0.05, 0) is 0 Å². The molecule has 0 nitrogen and oxygen atoms in total. The predicted octanol–water partition coefficient (Wildman–Crippen LogP) is 0.274. The van der Waals surface area contributed by atoms with E-state index in [1.54, 1.807) is 13.8 Å². The summed E-state index contributed by atoms with van der Waals surface area (Å²) in [5, 5.41) is 0. The summed E-state index contributed by atoms with van der Waals surface area (Å²) >= 11 is 0. The van der Waals surface area contributed by atoms with Gasteiger partial charge in [0.05, 0.1) is 0 Å². The van der Waals surface area contributed by atoms with Gasteiger partial charge in [0, 0.05) is 0 Å². The fourth-order valence-electron chi connectivity index (χ4n) is 0.744. The van der Waals surface area contributed by atoms with Crippen LogP contribution in [0.4, 0.5) is 12.9 Å². The van der Waals surface area contributed by atoms with Crippen LogP contribution in [0.25, 0.3) is 0 Å². The normalized spacial score (nSPS) is 16.9. The maximum Gasteiger partial charge on any atom is 1.00 e. The molecule has 0 aromatic heterocycles. The van der Waals surface area contributed by atoms with Crippen LogP contribution in [0.3, 0.4) is 0 Å². The molecule has 0 rings (SSSR count). The molecule has 0 saturated carbocycles. The Balaban J connectivity index is 0. The molecule has 0 N–H and O–H groups in total. The first kappa shape index (κ1) is 15.0. The van der Waals surface area contributed by atoms with Gasteiger partial charge in [-0.25, -0.2) is 0 Å². The second-order valence-electron chi connectivity index (χ2n) is 2.87. The molecule has 5 heteroatoms. The summed E-state index contributed by atoms with van der Waals surface area (Å²) in [7, 11) is 0. The molecule has 0 amide bonds. The first-order chi connectivity index (χ1) is 4.39. The molecule has 0 aliphatic heterocycles. The molecule has 0 aliphatic carbocycles. The van der Waals surface area contributed by atoms with Gasteiger partial charge in [-0.3, -0.25) is 0 Å². The molecule has 0 aliphatic rings. The first-order valence-corrected chi connectivity index (χ1v) is 3.59. The van der Waals surface area contributed by atoms with Crippen LogP contribution in [-0.2, 0) is 0 Å². The molecule has 0 aromatic carbocycles. The summed E-state index contributed by atoms with van der Waals surface area (Å²) in [6.07, 6.45) is 0.600. The molecule has 0 heterocycles. The van der Waals surface area contributed by atoms with Gasteiger partial charge < -0.3 is 12.9 Å². The zero-order valence-electron chi connectivity index (χ0n) is 7.57. The van der Waals surface area contributed by atoms with Crippen LogP contribution in [0.1, 0.15) is 27.2 Å². The van der Waals surface area contributed by atoms with Crippen LogP contribution in [0.5, 0.6) is 0 Å². The van der Waals surface area contributed by atoms with E-state index >= 15 is 0 Å². The van der Waals surface area contributed by atoms with E-state index in [9.17, 15) is 12.9 Å². The molecular weight excluding hydrogens is 179 g/mol. The van der Waals surface area contributed by atoms with Crippen LogP contribution in [-0.4, -0.2) is 6.98 Å². The average molecular weight is 192 g/mol. The zero-order chi connectivity index (χ0) is 8.36. The Morgan fingerprint density at radius 3 is 1.64 bits per heavy atom. The Labute approximate surface area is 109 Å². The summed E-state index contributed by atoms with van der Waals surface area (Å²) < 4.78 is 35.8. The van der Waals surface area contributed by atoms with Gasteiger partial charge in [-0.15, -0.1) is 0 Å². The Kier molecular flexibility index (Phi) is 8.21. The van der Waals surface area contributed by atoms with Crippen LogP contribution < -0.4 is 51.4 Å². The molecule has 0 aromatic rings. The van der Waals surface area contributed by atoms with Crippen molar-refractivity contribution in [1.29, 1.82) is 0 Å². The monoisotopic (exact) mass is 192 g/mol. The van der Waals surface area contributed by atoms with Crippen molar-refractivity contribution in [3.63, 3.8) is 0 Å². The second kappa shape index (κ2) is 6.02. The molecule has 0 saturated heterocycles. The topological polar surface area (TPSA) is 0 Å². The van der Waals surface area contributed by atoms with E-state index < -0.39 is 12.8 Å². The van der Waals surface area contributed by atoms with E-state index in [0.717, 1.165) is 0 Å². The van der Waals surface area contributed by atoms with Crippen molar-refractivity contribution in [2.24, 2.45) is 5.92 Å². The van der Waals surface area contributed by atoms with Gasteiger partial charge in [0.25, 0.3) is 0 Å². The van der Waals surface area contributed by atoms with E-state index in [1.165, 1.54) is 6.92 Å². The van der Waals surface area contributed by atoms with Crippen LogP contribution in [0.15, 0.2) is 0 Å². The van der Waals surface area contributed by atoms with Gasteiger partial charge >= 0.3 is 58.4 Å². The second-order valence-corrected chi connectivity index (χ2v) is 2.87. The molecular formula is C6H13BF3K. The van der Waals surface area contributed by atoms with E-state index in [0.29, 0.717) is 6.42 Å². The third-order valence-electron chi connectivity index (χ3n) is 2.14. The molecule has 2 unspecified atom stereocenters. The van der Waals surface area contributed by atoms with E-state index in [1.807, 2.05) is 0 Å². The minimum absolute atomic E-state index is 0. The summed E-state index contributed by atoms with van der Waals surface area (Å²) in [5.41, 5.74) is 0. The van der Waals surface area contributed by atoms with Crippen molar-refractivity contribution in [1.82, 2.24) is 0 Å². The van der Waals surface area contributed by atoms with Crippen molar-refractivity contribution in [2.45, 2.75) is 33.0 Å². The van der Waals surface area contributed by atoms with Crippen LogP contribution >= 0.6 is 0 Å². The molecule has 0 fully saturated rings. The van der Waals surface area contributed by atoms with Crippen molar-refractivity contribution in [3.8, 4) is 0 Å². The smallest absolute Gasteiger partial charge is 0.449 e. The summed E-state index contributed by atoms with van der Waals surface area (Å²) in [6, 6.07) is 0. The minimum Gasteiger partial charge on any atom is -0.449 e. The molecule has 0 radical (unpaired) electrons. The number of rotatable bonds is 3. The molecule has 62 valence electrons. The quantitative estimate of drug-likeness (QED) is 0.563. The van der Waals surface area contributed by atoms with Gasteiger partial charge in [-0.1, -0.05) is 38.9 Å². The molecule has 2 atom stereocenters. The summed E-state index contributed by atoms with van der Waals surface area (Å²) in [4.78, 5) is 0.